The van der Waals surface area contributed by atoms with Gasteiger partial charge in [-0.1, -0.05) is 24.3 Å². The second kappa shape index (κ2) is 2.96. The van der Waals surface area contributed by atoms with E-state index in [1.165, 1.54) is 0 Å². The lowest BCUT2D eigenvalue weighted by Gasteiger charge is -2.28. The monoisotopic (exact) mass is 188 g/mol. The van der Waals surface area contributed by atoms with Gasteiger partial charge in [0.15, 0.2) is 0 Å². The van der Waals surface area contributed by atoms with Gasteiger partial charge in [0.1, 0.15) is 11.8 Å². The van der Waals surface area contributed by atoms with Crippen LogP contribution in [0.4, 0.5) is 5.69 Å². The topological polar surface area (TPSA) is 69.1 Å². The molecule has 3 heteroatoms. The van der Waals surface area contributed by atoms with Gasteiger partial charge in [-0.15, -0.1) is 0 Å². The Bertz CT molecular complexity index is 412. The van der Waals surface area contributed by atoms with Crippen molar-refractivity contribution in [2.75, 3.05) is 5.73 Å². The summed E-state index contributed by atoms with van der Waals surface area (Å²) >= 11 is 0. The Balaban J connectivity index is 2.70. The lowest BCUT2D eigenvalue weighted by atomic mass is 9.81. The summed E-state index contributed by atoms with van der Waals surface area (Å²) in [5.74, 6) is 0. The molecule has 0 saturated carbocycles. The summed E-state index contributed by atoms with van der Waals surface area (Å²) in [7, 11) is 0. The molecule has 0 saturated heterocycles. The van der Waals surface area contributed by atoms with Gasteiger partial charge in [-0.2, -0.15) is 0 Å². The standard InChI is InChI=1S/C11H12N2O/c12-9-5-1-3-8-4-2-6-11(13,7-14)10(8)9/h1-5,7H,6,12-13H2. The van der Waals surface area contributed by atoms with Crippen LogP contribution in [-0.4, -0.2) is 6.29 Å². The fourth-order valence-electron chi connectivity index (χ4n) is 1.86. The van der Waals surface area contributed by atoms with Gasteiger partial charge < -0.3 is 16.3 Å². The lowest BCUT2D eigenvalue weighted by molar-refractivity contribution is -0.112. The maximum absolute atomic E-state index is 11.0. The molecule has 2 rings (SSSR count). The highest BCUT2D eigenvalue weighted by Gasteiger charge is 2.31. The van der Waals surface area contributed by atoms with Crippen LogP contribution < -0.4 is 11.5 Å². The van der Waals surface area contributed by atoms with Crippen molar-refractivity contribution >= 4 is 18.0 Å². The largest absolute Gasteiger partial charge is 0.398 e. The van der Waals surface area contributed by atoms with Crippen molar-refractivity contribution in [1.29, 1.82) is 0 Å². The molecule has 72 valence electrons. The van der Waals surface area contributed by atoms with E-state index in [9.17, 15) is 4.79 Å². The van der Waals surface area contributed by atoms with Crippen molar-refractivity contribution in [3.63, 3.8) is 0 Å². The maximum Gasteiger partial charge on any atom is 0.144 e. The number of nitrogen functional groups attached to an aromatic ring is 1. The normalized spacial score (nSPS) is 24.4. The molecule has 14 heavy (non-hydrogen) atoms. The Morgan fingerprint density at radius 1 is 1.43 bits per heavy atom. The van der Waals surface area contributed by atoms with Crippen LogP contribution in [0.25, 0.3) is 6.08 Å². The van der Waals surface area contributed by atoms with Gasteiger partial charge in [0.25, 0.3) is 0 Å². The van der Waals surface area contributed by atoms with Crippen LogP contribution in [0.1, 0.15) is 17.5 Å². The third kappa shape index (κ3) is 1.14. The first kappa shape index (κ1) is 8.97. The van der Waals surface area contributed by atoms with Gasteiger partial charge in [0.2, 0.25) is 0 Å². The van der Waals surface area contributed by atoms with Crippen molar-refractivity contribution < 1.29 is 4.79 Å². The summed E-state index contributed by atoms with van der Waals surface area (Å²) in [6.45, 7) is 0. The first-order valence-corrected chi connectivity index (χ1v) is 4.48. The van der Waals surface area contributed by atoms with Gasteiger partial charge in [0, 0.05) is 11.3 Å². The zero-order chi connectivity index (χ0) is 10.2. The Labute approximate surface area is 82.4 Å². The van der Waals surface area contributed by atoms with Crippen molar-refractivity contribution in [3.8, 4) is 0 Å². The van der Waals surface area contributed by atoms with Gasteiger partial charge >= 0.3 is 0 Å². The Morgan fingerprint density at radius 3 is 2.93 bits per heavy atom. The van der Waals surface area contributed by atoms with E-state index in [1.54, 1.807) is 6.07 Å². The first-order valence-electron chi connectivity index (χ1n) is 4.48. The van der Waals surface area contributed by atoms with Crippen molar-refractivity contribution in [2.24, 2.45) is 5.73 Å². The van der Waals surface area contributed by atoms with E-state index in [0.29, 0.717) is 12.1 Å². The number of rotatable bonds is 1. The minimum atomic E-state index is -0.949. The Morgan fingerprint density at radius 2 is 2.21 bits per heavy atom. The third-order valence-electron chi connectivity index (χ3n) is 2.56. The number of fused-ring (bicyclic) bond motifs is 1. The summed E-state index contributed by atoms with van der Waals surface area (Å²) < 4.78 is 0. The van der Waals surface area contributed by atoms with E-state index in [1.807, 2.05) is 24.3 Å². The molecule has 0 bridgehead atoms. The van der Waals surface area contributed by atoms with E-state index < -0.39 is 5.54 Å². The molecule has 1 aromatic rings. The summed E-state index contributed by atoms with van der Waals surface area (Å²) in [5, 5.41) is 0. The van der Waals surface area contributed by atoms with Gasteiger partial charge in [-0.25, -0.2) is 0 Å². The van der Waals surface area contributed by atoms with Crippen LogP contribution in [0, 0.1) is 0 Å². The van der Waals surface area contributed by atoms with E-state index >= 15 is 0 Å². The third-order valence-corrected chi connectivity index (χ3v) is 2.56. The first-order chi connectivity index (χ1) is 6.67. The highest BCUT2D eigenvalue weighted by atomic mass is 16.1. The Hall–Kier alpha value is -1.61. The molecule has 0 radical (unpaired) electrons. The number of anilines is 1. The SMILES string of the molecule is Nc1cccc2c1C(N)(C=O)CC=C2. The fraction of sp³-hybridized carbons (Fsp3) is 0.182. The number of benzene rings is 1. The predicted molar refractivity (Wildman–Crippen MR) is 56.4 cm³/mol. The quantitative estimate of drug-likeness (QED) is 0.511. The highest BCUT2D eigenvalue weighted by molar-refractivity contribution is 5.79. The predicted octanol–water partition coefficient (Wildman–Crippen LogP) is 1.04. The molecule has 1 aromatic carbocycles. The van der Waals surface area contributed by atoms with E-state index in [2.05, 4.69) is 0 Å². The number of nitrogens with two attached hydrogens (primary N) is 2. The van der Waals surface area contributed by atoms with E-state index in [0.717, 1.165) is 17.4 Å². The van der Waals surface area contributed by atoms with E-state index in [-0.39, 0.29) is 0 Å². The molecule has 4 N–H and O–H groups in total. The van der Waals surface area contributed by atoms with E-state index in [4.69, 9.17) is 11.5 Å². The van der Waals surface area contributed by atoms with Crippen LogP contribution in [0.5, 0.6) is 0 Å². The average Bonchev–Trinajstić information content (AvgIpc) is 2.18. The van der Waals surface area contributed by atoms with Gasteiger partial charge in [-0.05, 0) is 18.1 Å². The molecule has 0 amide bonds. The van der Waals surface area contributed by atoms with Crippen LogP contribution in [-0.2, 0) is 10.3 Å². The summed E-state index contributed by atoms with van der Waals surface area (Å²) in [6.07, 6.45) is 5.12. The van der Waals surface area contributed by atoms with Crippen molar-refractivity contribution in [2.45, 2.75) is 12.0 Å². The zero-order valence-corrected chi connectivity index (χ0v) is 7.73. The molecular formula is C11H12N2O. The highest BCUT2D eigenvalue weighted by Crippen LogP contribution is 2.33. The smallest absolute Gasteiger partial charge is 0.144 e. The molecule has 0 aromatic heterocycles. The molecule has 0 spiro atoms. The van der Waals surface area contributed by atoms with Crippen LogP contribution in [0.3, 0.4) is 0 Å². The second-order valence-corrected chi connectivity index (χ2v) is 3.58. The van der Waals surface area contributed by atoms with Crippen molar-refractivity contribution in [3.05, 3.63) is 35.4 Å². The Kier molecular flexibility index (Phi) is 1.89. The molecule has 0 fully saturated rings. The van der Waals surface area contributed by atoms with Crippen molar-refractivity contribution in [1.82, 2.24) is 0 Å². The molecule has 0 aliphatic heterocycles. The van der Waals surface area contributed by atoms with Gasteiger partial charge in [0.05, 0.1) is 0 Å². The fourth-order valence-corrected chi connectivity index (χ4v) is 1.86. The number of hydrogen-bond donors (Lipinski definition) is 2. The minimum absolute atomic E-state index is 0.512. The zero-order valence-electron chi connectivity index (χ0n) is 7.73. The molecule has 1 aliphatic carbocycles. The number of carbonyl (C=O) groups is 1. The molecule has 1 unspecified atom stereocenters. The van der Waals surface area contributed by atoms with Gasteiger partial charge in [-0.3, -0.25) is 0 Å². The summed E-state index contributed by atoms with van der Waals surface area (Å²) in [6, 6.07) is 5.53. The second-order valence-electron chi connectivity index (χ2n) is 3.58. The number of hydrogen-bond acceptors (Lipinski definition) is 3. The maximum atomic E-state index is 11.0. The average molecular weight is 188 g/mol. The number of aldehydes is 1. The molecule has 1 atom stereocenters. The van der Waals surface area contributed by atoms with Crippen LogP contribution >= 0.6 is 0 Å². The molecule has 0 heterocycles. The lowest BCUT2D eigenvalue weighted by Crippen LogP contribution is -2.40. The number of carbonyl (C=O) groups excluding carboxylic acids is 1. The summed E-state index contributed by atoms with van der Waals surface area (Å²) in [5.41, 5.74) is 13.1. The van der Waals surface area contributed by atoms with Crippen LogP contribution in [0.15, 0.2) is 24.3 Å². The minimum Gasteiger partial charge on any atom is -0.398 e. The molecule has 3 nitrogen and oxygen atoms in total. The summed E-state index contributed by atoms with van der Waals surface area (Å²) in [4.78, 5) is 11.0. The van der Waals surface area contributed by atoms with Crippen LogP contribution in [0.2, 0.25) is 0 Å². The molecule has 1 aliphatic rings. The molecular weight excluding hydrogens is 176 g/mol.